The molecule has 0 rings (SSSR count). The molecular formula is C2H6Br2O4S. The highest BCUT2D eigenvalue weighted by Crippen LogP contribution is 1.82. The quantitative estimate of drug-likeness (QED) is 0.559. The van der Waals surface area contributed by atoms with Crippen molar-refractivity contribution in [3.63, 3.8) is 0 Å². The zero-order valence-corrected chi connectivity index (χ0v) is 8.28. The molecule has 0 aliphatic heterocycles. The van der Waals surface area contributed by atoms with Crippen LogP contribution in [0.1, 0.15) is 0 Å². The standard InChI is InChI=1S/C2H4Br2.H2O4S/c3-1-2-4;1-5(2,3)4/h1-2H2;(H2,1,2,3,4). The minimum atomic E-state index is -4.67. The van der Waals surface area contributed by atoms with Crippen LogP contribution >= 0.6 is 31.9 Å². The Kier molecular flexibility index (Phi) is 9.64. The summed E-state index contributed by atoms with van der Waals surface area (Å²) < 4.78 is 31.6. The van der Waals surface area contributed by atoms with Gasteiger partial charge in [-0.1, -0.05) is 31.9 Å². The van der Waals surface area contributed by atoms with Crippen molar-refractivity contribution in [1.29, 1.82) is 0 Å². The van der Waals surface area contributed by atoms with Crippen LogP contribution in [0, 0.1) is 0 Å². The molecule has 58 valence electrons. The Morgan fingerprint density at radius 1 is 1.11 bits per heavy atom. The van der Waals surface area contributed by atoms with Crippen LogP contribution in [-0.4, -0.2) is 28.2 Å². The van der Waals surface area contributed by atoms with Gasteiger partial charge >= 0.3 is 10.4 Å². The molecule has 0 unspecified atom stereocenters. The van der Waals surface area contributed by atoms with Gasteiger partial charge in [0, 0.05) is 10.7 Å². The molecule has 0 spiro atoms. The van der Waals surface area contributed by atoms with Crippen LogP contribution in [0.25, 0.3) is 0 Å². The molecule has 0 fully saturated rings. The van der Waals surface area contributed by atoms with E-state index in [2.05, 4.69) is 31.9 Å². The fraction of sp³-hybridized carbons (Fsp3) is 1.00. The van der Waals surface area contributed by atoms with E-state index >= 15 is 0 Å². The third-order valence-electron chi connectivity index (χ3n) is 0.0714. The lowest BCUT2D eigenvalue weighted by molar-refractivity contribution is 0.381. The highest BCUT2D eigenvalue weighted by Gasteiger charge is 1.84. The Bertz CT molecular complexity index is 120. The normalized spacial score (nSPS) is 9.78. The summed E-state index contributed by atoms with van der Waals surface area (Å²) in [6.45, 7) is 0. The first-order valence-corrected chi connectivity index (χ1v) is 5.37. The van der Waals surface area contributed by atoms with E-state index in [1.54, 1.807) is 0 Å². The fourth-order valence-corrected chi connectivity index (χ4v) is 0. The summed E-state index contributed by atoms with van der Waals surface area (Å²) in [4.78, 5) is 0. The number of alkyl halides is 2. The smallest absolute Gasteiger partial charge is 0.264 e. The maximum absolute atomic E-state index is 8.74. The minimum absolute atomic E-state index is 1.05. The van der Waals surface area contributed by atoms with Crippen molar-refractivity contribution in [3.8, 4) is 0 Å². The third-order valence-corrected chi connectivity index (χ3v) is 1.93. The van der Waals surface area contributed by atoms with Gasteiger partial charge in [-0.25, -0.2) is 0 Å². The van der Waals surface area contributed by atoms with Crippen molar-refractivity contribution in [2.75, 3.05) is 10.7 Å². The van der Waals surface area contributed by atoms with Gasteiger partial charge in [-0.3, -0.25) is 9.11 Å². The lowest BCUT2D eigenvalue weighted by atomic mass is 11.0. The summed E-state index contributed by atoms with van der Waals surface area (Å²) in [5.74, 6) is 0. The first kappa shape index (κ1) is 12.5. The van der Waals surface area contributed by atoms with Crippen molar-refractivity contribution in [3.05, 3.63) is 0 Å². The topological polar surface area (TPSA) is 74.6 Å². The Balaban J connectivity index is 0. The highest BCUT2D eigenvalue weighted by molar-refractivity contribution is 9.11. The van der Waals surface area contributed by atoms with Gasteiger partial charge in [0.15, 0.2) is 0 Å². The van der Waals surface area contributed by atoms with Crippen molar-refractivity contribution in [1.82, 2.24) is 0 Å². The largest absolute Gasteiger partial charge is 0.394 e. The molecule has 0 radical (unpaired) electrons. The van der Waals surface area contributed by atoms with Crippen molar-refractivity contribution in [2.45, 2.75) is 0 Å². The van der Waals surface area contributed by atoms with Crippen LogP contribution in [0.4, 0.5) is 0 Å². The van der Waals surface area contributed by atoms with Crippen LogP contribution < -0.4 is 0 Å². The summed E-state index contributed by atoms with van der Waals surface area (Å²) in [5, 5.41) is 2.10. The lowest BCUT2D eigenvalue weighted by Crippen LogP contribution is -1.89. The van der Waals surface area contributed by atoms with Gasteiger partial charge in [0.05, 0.1) is 0 Å². The highest BCUT2D eigenvalue weighted by atomic mass is 79.9. The molecule has 0 aliphatic rings. The van der Waals surface area contributed by atoms with Gasteiger partial charge in [0.25, 0.3) is 0 Å². The van der Waals surface area contributed by atoms with Crippen molar-refractivity contribution >= 4 is 42.3 Å². The maximum Gasteiger partial charge on any atom is 0.394 e. The molecule has 0 amide bonds. The molecular weight excluding hydrogens is 280 g/mol. The first-order valence-electron chi connectivity index (χ1n) is 1.73. The van der Waals surface area contributed by atoms with Gasteiger partial charge in [0.1, 0.15) is 0 Å². The second-order valence-corrected chi connectivity index (χ2v) is 3.31. The molecule has 0 saturated carbocycles. The van der Waals surface area contributed by atoms with E-state index < -0.39 is 10.4 Å². The van der Waals surface area contributed by atoms with E-state index in [4.69, 9.17) is 17.5 Å². The minimum Gasteiger partial charge on any atom is -0.264 e. The van der Waals surface area contributed by atoms with Gasteiger partial charge in [-0.2, -0.15) is 8.42 Å². The molecule has 0 bridgehead atoms. The number of rotatable bonds is 1. The first-order chi connectivity index (χ1) is 3.91. The van der Waals surface area contributed by atoms with Crippen LogP contribution in [-0.2, 0) is 10.4 Å². The van der Waals surface area contributed by atoms with Gasteiger partial charge < -0.3 is 0 Å². The van der Waals surface area contributed by atoms with E-state index in [1.165, 1.54) is 0 Å². The van der Waals surface area contributed by atoms with Crippen molar-refractivity contribution in [2.24, 2.45) is 0 Å². The van der Waals surface area contributed by atoms with Crippen LogP contribution in [0.5, 0.6) is 0 Å². The van der Waals surface area contributed by atoms with Crippen LogP contribution in [0.3, 0.4) is 0 Å². The molecule has 0 aromatic rings. The zero-order chi connectivity index (χ0) is 7.91. The average molecular weight is 286 g/mol. The van der Waals surface area contributed by atoms with E-state index in [-0.39, 0.29) is 0 Å². The summed E-state index contributed by atoms with van der Waals surface area (Å²) in [6, 6.07) is 0. The molecule has 2 N–H and O–H groups in total. The summed E-state index contributed by atoms with van der Waals surface area (Å²) in [5.41, 5.74) is 0. The lowest BCUT2D eigenvalue weighted by Gasteiger charge is -1.68. The predicted molar refractivity (Wildman–Crippen MR) is 41.8 cm³/mol. The SMILES string of the molecule is BrCCBr.O=S(=O)(O)O. The molecule has 0 atom stereocenters. The molecule has 4 nitrogen and oxygen atoms in total. The molecule has 7 heteroatoms. The van der Waals surface area contributed by atoms with Gasteiger partial charge in [-0.15, -0.1) is 0 Å². The number of hydrogen-bond acceptors (Lipinski definition) is 2. The molecule has 0 aliphatic carbocycles. The second-order valence-electron chi connectivity index (χ2n) is 0.826. The van der Waals surface area contributed by atoms with E-state index in [9.17, 15) is 0 Å². The molecule has 0 saturated heterocycles. The van der Waals surface area contributed by atoms with Crippen molar-refractivity contribution < 1.29 is 17.5 Å². The van der Waals surface area contributed by atoms with E-state index in [1.807, 2.05) is 0 Å². The molecule has 9 heavy (non-hydrogen) atoms. The third kappa shape index (κ3) is 123. The van der Waals surface area contributed by atoms with E-state index in [0.717, 1.165) is 10.7 Å². The molecule has 0 aromatic carbocycles. The maximum atomic E-state index is 8.74. The summed E-state index contributed by atoms with van der Waals surface area (Å²) in [7, 11) is -4.67. The fourth-order valence-electron chi connectivity index (χ4n) is 0. The Hall–Kier alpha value is 0.830. The average Bonchev–Trinajstić information content (AvgIpc) is 1.61. The Morgan fingerprint density at radius 3 is 1.22 bits per heavy atom. The molecule has 0 aromatic heterocycles. The van der Waals surface area contributed by atoms with E-state index in [0.29, 0.717) is 0 Å². The van der Waals surface area contributed by atoms with Crippen LogP contribution in [0.15, 0.2) is 0 Å². The van der Waals surface area contributed by atoms with Gasteiger partial charge in [-0.05, 0) is 0 Å². The Labute approximate surface area is 70.5 Å². The van der Waals surface area contributed by atoms with Gasteiger partial charge in [0.2, 0.25) is 0 Å². The monoisotopic (exact) mass is 284 g/mol. The summed E-state index contributed by atoms with van der Waals surface area (Å²) >= 11 is 6.40. The summed E-state index contributed by atoms with van der Waals surface area (Å²) in [6.07, 6.45) is 0. The van der Waals surface area contributed by atoms with Crippen LogP contribution in [0.2, 0.25) is 0 Å². The zero-order valence-electron chi connectivity index (χ0n) is 4.29. The number of hydrogen-bond donors (Lipinski definition) is 2. The second kappa shape index (κ2) is 6.94. The predicted octanol–water partition coefficient (Wildman–Crippen LogP) is 1.12. The Morgan fingerprint density at radius 2 is 1.22 bits per heavy atom. The number of halogens is 2. The molecule has 0 heterocycles.